The molecule has 0 aromatic heterocycles. The van der Waals surface area contributed by atoms with Crippen molar-refractivity contribution >= 4 is 11.6 Å². The molecule has 0 saturated heterocycles. The van der Waals surface area contributed by atoms with Crippen LogP contribution in [0.3, 0.4) is 0 Å². The van der Waals surface area contributed by atoms with Gasteiger partial charge in [-0.1, -0.05) is 23.7 Å². The van der Waals surface area contributed by atoms with Gasteiger partial charge in [0.2, 0.25) is 0 Å². The first-order valence-corrected chi connectivity index (χ1v) is 7.11. The van der Waals surface area contributed by atoms with Gasteiger partial charge in [0.05, 0.1) is 0 Å². The van der Waals surface area contributed by atoms with Crippen molar-refractivity contribution in [2.24, 2.45) is 11.7 Å². The van der Waals surface area contributed by atoms with Crippen molar-refractivity contribution in [1.29, 1.82) is 0 Å². The lowest BCUT2D eigenvalue weighted by atomic mass is 9.97. The van der Waals surface area contributed by atoms with Gasteiger partial charge < -0.3 is 5.73 Å². The summed E-state index contributed by atoms with van der Waals surface area (Å²) in [4.78, 5) is 2.42. The number of halogens is 1. The Bertz CT molecular complexity index is 384. The maximum Gasteiger partial charge on any atom is 0.0496 e. The number of nitrogens with two attached hydrogens (primary N) is 1. The van der Waals surface area contributed by atoms with E-state index in [-0.39, 0.29) is 12.1 Å². The molecule has 0 amide bonds. The third kappa shape index (κ3) is 3.05. The number of nitrogens with zero attached hydrogens (tertiary/aromatic N) is 1. The van der Waals surface area contributed by atoms with E-state index in [1.165, 1.54) is 18.4 Å². The second-order valence-electron chi connectivity index (χ2n) is 5.60. The third-order valence-corrected chi connectivity index (χ3v) is 4.35. The first-order valence-electron chi connectivity index (χ1n) is 6.73. The smallest absolute Gasteiger partial charge is 0.0496 e. The van der Waals surface area contributed by atoms with E-state index in [1.807, 2.05) is 12.1 Å². The zero-order chi connectivity index (χ0) is 13.3. The Morgan fingerprint density at radius 3 is 2.22 bits per heavy atom. The highest BCUT2D eigenvalue weighted by Gasteiger charge is 2.34. The van der Waals surface area contributed by atoms with E-state index < -0.39 is 0 Å². The van der Waals surface area contributed by atoms with Crippen molar-refractivity contribution in [1.82, 2.24) is 4.90 Å². The molecule has 1 saturated carbocycles. The standard InChI is InChI=1S/C15H23ClN2/c1-10(17)15(13-6-8-14(16)9-7-13)18(3)11(2)12-4-5-12/h6-12,15H,4-5,17H2,1-3H3. The van der Waals surface area contributed by atoms with Crippen molar-refractivity contribution in [3.63, 3.8) is 0 Å². The Labute approximate surface area is 115 Å². The molecule has 1 fully saturated rings. The second kappa shape index (κ2) is 5.60. The molecule has 1 aromatic carbocycles. The van der Waals surface area contributed by atoms with Crippen LogP contribution in [0.25, 0.3) is 0 Å². The molecule has 1 aliphatic carbocycles. The summed E-state index contributed by atoms with van der Waals surface area (Å²) < 4.78 is 0. The van der Waals surface area contributed by atoms with Gasteiger partial charge in [-0.05, 0) is 57.4 Å². The minimum Gasteiger partial charge on any atom is -0.326 e. The molecular weight excluding hydrogens is 244 g/mol. The van der Waals surface area contributed by atoms with Crippen LogP contribution >= 0.6 is 11.6 Å². The Hall–Kier alpha value is -0.570. The van der Waals surface area contributed by atoms with Gasteiger partial charge >= 0.3 is 0 Å². The fraction of sp³-hybridized carbons (Fsp3) is 0.600. The van der Waals surface area contributed by atoms with E-state index >= 15 is 0 Å². The maximum atomic E-state index is 6.19. The predicted molar refractivity (Wildman–Crippen MR) is 77.8 cm³/mol. The minimum absolute atomic E-state index is 0.109. The molecule has 3 atom stereocenters. The normalized spacial score (nSPS) is 20.8. The molecule has 2 N–H and O–H groups in total. The summed E-state index contributed by atoms with van der Waals surface area (Å²) in [5.74, 6) is 0.851. The second-order valence-corrected chi connectivity index (χ2v) is 6.04. The van der Waals surface area contributed by atoms with E-state index in [4.69, 9.17) is 17.3 Å². The molecule has 0 radical (unpaired) electrons. The minimum atomic E-state index is 0.109. The Balaban J connectivity index is 2.18. The van der Waals surface area contributed by atoms with E-state index in [9.17, 15) is 0 Å². The van der Waals surface area contributed by atoms with Gasteiger partial charge in [-0.3, -0.25) is 4.90 Å². The summed E-state index contributed by atoms with van der Waals surface area (Å²) in [5, 5.41) is 0.778. The zero-order valence-corrected chi connectivity index (χ0v) is 12.2. The lowest BCUT2D eigenvalue weighted by molar-refractivity contribution is 0.149. The summed E-state index contributed by atoms with van der Waals surface area (Å²) in [6.45, 7) is 4.39. The summed E-state index contributed by atoms with van der Waals surface area (Å²) >= 11 is 5.95. The van der Waals surface area contributed by atoms with Crippen LogP contribution in [-0.2, 0) is 0 Å². The lowest BCUT2D eigenvalue weighted by Crippen LogP contribution is -2.42. The maximum absolute atomic E-state index is 6.19. The van der Waals surface area contributed by atoms with Crippen molar-refractivity contribution < 1.29 is 0 Å². The fourth-order valence-corrected chi connectivity index (χ4v) is 2.86. The van der Waals surface area contributed by atoms with Crippen LogP contribution in [0, 0.1) is 5.92 Å². The van der Waals surface area contributed by atoms with Gasteiger partial charge in [-0.25, -0.2) is 0 Å². The number of rotatable bonds is 5. The van der Waals surface area contributed by atoms with Crippen molar-refractivity contribution in [3.05, 3.63) is 34.9 Å². The zero-order valence-electron chi connectivity index (χ0n) is 11.4. The van der Waals surface area contributed by atoms with Gasteiger partial charge in [0.25, 0.3) is 0 Å². The van der Waals surface area contributed by atoms with Crippen LogP contribution in [0.5, 0.6) is 0 Å². The molecule has 2 rings (SSSR count). The molecule has 2 nitrogen and oxygen atoms in total. The highest BCUT2D eigenvalue weighted by atomic mass is 35.5. The van der Waals surface area contributed by atoms with Gasteiger partial charge in [-0.15, -0.1) is 0 Å². The Morgan fingerprint density at radius 2 is 1.78 bits per heavy atom. The van der Waals surface area contributed by atoms with Crippen LogP contribution in [-0.4, -0.2) is 24.0 Å². The molecule has 18 heavy (non-hydrogen) atoms. The monoisotopic (exact) mass is 266 g/mol. The molecule has 3 heteroatoms. The van der Waals surface area contributed by atoms with E-state index in [2.05, 4.69) is 37.9 Å². The van der Waals surface area contributed by atoms with Gasteiger partial charge in [0, 0.05) is 23.1 Å². The van der Waals surface area contributed by atoms with Crippen LogP contribution in [0.4, 0.5) is 0 Å². The summed E-state index contributed by atoms with van der Waals surface area (Å²) in [6, 6.07) is 9.04. The van der Waals surface area contributed by atoms with Crippen LogP contribution in [0.15, 0.2) is 24.3 Å². The van der Waals surface area contributed by atoms with Crippen molar-refractivity contribution in [2.75, 3.05) is 7.05 Å². The first-order chi connectivity index (χ1) is 8.50. The highest BCUT2D eigenvalue weighted by molar-refractivity contribution is 6.30. The first kappa shape index (κ1) is 13.9. The molecule has 0 heterocycles. The quantitative estimate of drug-likeness (QED) is 0.884. The Morgan fingerprint density at radius 1 is 1.22 bits per heavy atom. The van der Waals surface area contributed by atoms with Crippen LogP contribution in [0.1, 0.15) is 38.3 Å². The van der Waals surface area contributed by atoms with E-state index in [0.29, 0.717) is 6.04 Å². The fourth-order valence-electron chi connectivity index (χ4n) is 2.73. The van der Waals surface area contributed by atoms with E-state index in [0.717, 1.165) is 10.9 Å². The molecule has 3 unspecified atom stereocenters. The van der Waals surface area contributed by atoms with Crippen LogP contribution in [0.2, 0.25) is 5.02 Å². The van der Waals surface area contributed by atoms with Crippen LogP contribution < -0.4 is 5.73 Å². The average Bonchev–Trinajstić information content (AvgIpc) is 3.14. The SMILES string of the molecule is CC(N)C(c1ccc(Cl)cc1)N(C)C(C)C1CC1. The largest absolute Gasteiger partial charge is 0.326 e. The number of hydrogen-bond acceptors (Lipinski definition) is 2. The molecule has 0 aliphatic heterocycles. The highest BCUT2D eigenvalue weighted by Crippen LogP contribution is 2.38. The average molecular weight is 267 g/mol. The van der Waals surface area contributed by atoms with E-state index in [1.54, 1.807) is 0 Å². The lowest BCUT2D eigenvalue weighted by Gasteiger charge is -2.36. The summed E-state index contributed by atoms with van der Waals surface area (Å²) in [5.41, 5.74) is 7.45. The van der Waals surface area contributed by atoms with Crippen molar-refractivity contribution in [3.8, 4) is 0 Å². The molecule has 1 aromatic rings. The number of hydrogen-bond donors (Lipinski definition) is 1. The number of likely N-dealkylation sites (N-methyl/N-ethyl adjacent to an activating group) is 1. The van der Waals surface area contributed by atoms with Gasteiger partial charge in [0.1, 0.15) is 0 Å². The number of benzene rings is 1. The Kier molecular flexibility index (Phi) is 4.31. The summed E-state index contributed by atoms with van der Waals surface area (Å²) in [7, 11) is 2.19. The predicted octanol–water partition coefficient (Wildman–Crippen LogP) is 3.46. The van der Waals surface area contributed by atoms with Gasteiger partial charge in [-0.2, -0.15) is 0 Å². The molecule has 0 bridgehead atoms. The molecule has 1 aliphatic rings. The molecular formula is C15H23ClN2. The molecule has 100 valence electrons. The molecule has 0 spiro atoms. The van der Waals surface area contributed by atoms with Gasteiger partial charge in [0.15, 0.2) is 0 Å². The third-order valence-electron chi connectivity index (χ3n) is 4.09. The van der Waals surface area contributed by atoms with Crippen molar-refractivity contribution in [2.45, 2.75) is 44.8 Å². The topological polar surface area (TPSA) is 29.3 Å². The summed E-state index contributed by atoms with van der Waals surface area (Å²) in [6.07, 6.45) is 2.72.